The van der Waals surface area contributed by atoms with Crippen molar-refractivity contribution in [2.24, 2.45) is 5.73 Å². The maximum atomic E-state index is 5.59. The summed E-state index contributed by atoms with van der Waals surface area (Å²) in [6.07, 6.45) is 2.53. The van der Waals surface area contributed by atoms with Crippen molar-refractivity contribution in [1.29, 1.82) is 0 Å². The van der Waals surface area contributed by atoms with Crippen molar-refractivity contribution in [2.45, 2.75) is 19.4 Å². The van der Waals surface area contributed by atoms with E-state index in [0.717, 1.165) is 34.4 Å². The number of hydrogen-bond acceptors (Lipinski definition) is 5. The Balaban J connectivity index is 1.82. The van der Waals surface area contributed by atoms with Crippen molar-refractivity contribution in [3.8, 4) is 10.6 Å². The SMILES string of the molecule is NCc1ccc(-c2nnc(N3CCCC3)s2)cc1. The molecule has 0 atom stereocenters. The van der Waals surface area contributed by atoms with E-state index in [0.29, 0.717) is 6.54 Å². The summed E-state index contributed by atoms with van der Waals surface area (Å²) in [7, 11) is 0. The van der Waals surface area contributed by atoms with Crippen molar-refractivity contribution in [3.63, 3.8) is 0 Å². The summed E-state index contributed by atoms with van der Waals surface area (Å²) >= 11 is 1.67. The van der Waals surface area contributed by atoms with Crippen molar-refractivity contribution < 1.29 is 0 Å². The summed E-state index contributed by atoms with van der Waals surface area (Å²) in [5.41, 5.74) is 7.86. The lowest BCUT2D eigenvalue weighted by Crippen LogP contribution is -2.17. The van der Waals surface area contributed by atoms with Crippen LogP contribution in [0.1, 0.15) is 18.4 Å². The fourth-order valence-corrected chi connectivity index (χ4v) is 3.05. The van der Waals surface area contributed by atoms with Crippen LogP contribution in [0.5, 0.6) is 0 Å². The van der Waals surface area contributed by atoms with Crippen LogP contribution in [0.15, 0.2) is 24.3 Å². The van der Waals surface area contributed by atoms with E-state index in [1.165, 1.54) is 12.8 Å². The highest BCUT2D eigenvalue weighted by Crippen LogP contribution is 2.30. The zero-order valence-electron chi connectivity index (χ0n) is 10.2. The number of rotatable bonds is 3. The fourth-order valence-electron chi connectivity index (χ4n) is 2.15. The van der Waals surface area contributed by atoms with Gasteiger partial charge in [-0.1, -0.05) is 35.6 Å². The Hall–Kier alpha value is -1.46. The van der Waals surface area contributed by atoms with Gasteiger partial charge in [-0.3, -0.25) is 0 Å². The van der Waals surface area contributed by atoms with Gasteiger partial charge in [0.2, 0.25) is 5.13 Å². The van der Waals surface area contributed by atoms with Gasteiger partial charge in [0.25, 0.3) is 0 Å². The molecule has 4 nitrogen and oxygen atoms in total. The average Bonchev–Trinajstić information content (AvgIpc) is 3.09. The van der Waals surface area contributed by atoms with E-state index >= 15 is 0 Å². The topological polar surface area (TPSA) is 55.0 Å². The maximum absolute atomic E-state index is 5.59. The molecule has 1 saturated heterocycles. The molecule has 0 unspecified atom stereocenters. The number of nitrogens with two attached hydrogens (primary N) is 1. The van der Waals surface area contributed by atoms with Crippen molar-refractivity contribution in [3.05, 3.63) is 29.8 Å². The molecular formula is C13H16N4S. The molecule has 2 aromatic rings. The second-order valence-corrected chi connectivity index (χ2v) is 5.44. The number of nitrogens with zero attached hydrogens (tertiary/aromatic N) is 3. The van der Waals surface area contributed by atoms with Crippen LogP contribution in [0.2, 0.25) is 0 Å². The molecule has 0 spiro atoms. The summed E-state index contributed by atoms with van der Waals surface area (Å²) in [5, 5.41) is 10.6. The molecule has 3 rings (SSSR count). The molecule has 1 aromatic carbocycles. The second kappa shape index (κ2) is 5.04. The normalized spacial score (nSPS) is 15.3. The molecular weight excluding hydrogens is 244 g/mol. The number of hydrogen-bond donors (Lipinski definition) is 1. The van der Waals surface area contributed by atoms with Crippen molar-refractivity contribution >= 4 is 16.5 Å². The van der Waals surface area contributed by atoms with Gasteiger partial charge in [0.15, 0.2) is 0 Å². The summed E-state index contributed by atoms with van der Waals surface area (Å²) in [6, 6.07) is 8.23. The predicted molar refractivity (Wildman–Crippen MR) is 74.7 cm³/mol. The standard InChI is InChI=1S/C13H16N4S/c14-9-10-3-5-11(6-4-10)12-15-16-13(18-12)17-7-1-2-8-17/h3-6H,1-2,7-9,14H2. The van der Waals surface area contributed by atoms with Gasteiger partial charge in [-0.2, -0.15) is 0 Å². The first-order chi connectivity index (χ1) is 8.86. The highest BCUT2D eigenvalue weighted by atomic mass is 32.1. The van der Waals surface area contributed by atoms with Gasteiger partial charge in [-0.25, -0.2) is 0 Å². The van der Waals surface area contributed by atoms with Gasteiger partial charge in [-0.15, -0.1) is 10.2 Å². The Labute approximate surface area is 110 Å². The van der Waals surface area contributed by atoms with E-state index in [9.17, 15) is 0 Å². The van der Waals surface area contributed by atoms with Crippen LogP contribution in [0.4, 0.5) is 5.13 Å². The third kappa shape index (κ3) is 2.23. The predicted octanol–water partition coefficient (Wildman–Crippen LogP) is 2.26. The highest BCUT2D eigenvalue weighted by Gasteiger charge is 2.17. The molecule has 1 fully saturated rings. The molecule has 18 heavy (non-hydrogen) atoms. The quantitative estimate of drug-likeness (QED) is 0.919. The lowest BCUT2D eigenvalue weighted by atomic mass is 10.1. The Morgan fingerprint density at radius 3 is 2.50 bits per heavy atom. The van der Waals surface area contributed by atoms with Crippen LogP contribution >= 0.6 is 11.3 Å². The van der Waals surface area contributed by atoms with Crippen molar-refractivity contribution in [1.82, 2.24) is 10.2 Å². The highest BCUT2D eigenvalue weighted by molar-refractivity contribution is 7.18. The van der Waals surface area contributed by atoms with Gasteiger partial charge in [0, 0.05) is 25.2 Å². The van der Waals surface area contributed by atoms with Crippen LogP contribution in [-0.2, 0) is 6.54 Å². The van der Waals surface area contributed by atoms with Crippen molar-refractivity contribution in [2.75, 3.05) is 18.0 Å². The first-order valence-corrected chi connectivity index (χ1v) is 7.06. The van der Waals surface area contributed by atoms with Crippen LogP contribution in [0, 0.1) is 0 Å². The molecule has 1 aromatic heterocycles. The Morgan fingerprint density at radius 1 is 1.11 bits per heavy atom. The monoisotopic (exact) mass is 260 g/mol. The summed E-state index contributed by atoms with van der Waals surface area (Å²) in [4.78, 5) is 2.31. The van der Waals surface area contributed by atoms with E-state index in [1.807, 2.05) is 12.1 Å². The van der Waals surface area contributed by atoms with Gasteiger partial charge >= 0.3 is 0 Å². The molecule has 1 aliphatic rings. The minimum atomic E-state index is 0.579. The lowest BCUT2D eigenvalue weighted by molar-refractivity contribution is 0.929. The zero-order valence-corrected chi connectivity index (χ0v) is 11.0. The molecule has 2 heterocycles. The smallest absolute Gasteiger partial charge is 0.208 e. The summed E-state index contributed by atoms with van der Waals surface area (Å²) < 4.78 is 0. The largest absolute Gasteiger partial charge is 0.347 e. The lowest BCUT2D eigenvalue weighted by Gasteiger charge is -2.10. The summed E-state index contributed by atoms with van der Waals surface area (Å²) in [6.45, 7) is 2.80. The molecule has 0 aliphatic carbocycles. The molecule has 0 saturated carbocycles. The minimum Gasteiger partial charge on any atom is -0.347 e. The second-order valence-electron chi connectivity index (χ2n) is 4.48. The average molecular weight is 260 g/mol. The van der Waals surface area contributed by atoms with Crippen LogP contribution in [-0.4, -0.2) is 23.3 Å². The Morgan fingerprint density at radius 2 is 1.83 bits per heavy atom. The third-order valence-electron chi connectivity index (χ3n) is 3.23. The molecule has 5 heteroatoms. The van der Waals surface area contributed by atoms with E-state index in [4.69, 9.17) is 5.73 Å². The first-order valence-electron chi connectivity index (χ1n) is 6.24. The molecule has 0 bridgehead atoms. The van der Waals surface area contributed by atoms with E-state index < -0.39 is 0 Å². The molecule has 2 N–H and O–H groups in total. The summed E-state index contributed by atoms with van der Waals surface area (Å²) in [5.74, 6) is 0. The Bertz CT molecular complexity index is 514. The van der Waals surface area contributed by atoms with Crippen LogP contribution in [0.3, 0.4) is 0 Å². The number of anilines is 1. The molecule has 1 aliphatic heterocycles. The maximum Gasteiger partial charge on any atom is 0.208 e. The minimum absolute atomic E-state index is 0.579. The van der Waals surface area contributed by atoms with Gasteiger partial charge in [0.05, 0.1) is 0 Å². The van der Waals surface area contributed by atoms with Crippen LogP contribution < -0.4 is 10.6 Å². The van der Waals surface area contributed by atoms with Gasteiger partial charge < -0.3 is 10.6 Å². The molecule has 0 radical (unpaired) electrons. The van der Waals surface area contributed by atoms with Gasteiger partial charge in [0.1, 0.15) is 5.01 Å². The fraction of sp³-hybridized carbons (Fsp3) is 0.385. The van der Waals surface area contributed by atoms with E-state index in [2.05, 4.69) is 27.2 Å². The van der Waals surface area contributed by atoms with Crippen LogP contribution in [0.25, 0.3) is 10.6 Å². The van der Waals surface area contributed by atoms with E-state index in [1.54, 1.807) is 11.3 Å². The zero-order chi connectivity index (χ0) is 12.4. The van der Waals surface area contributed by atoms with Gasteiger partial charge in [-0.05, 0) is 18.4 Å². The molecule has 94 valence electrons. The third-order valence-corrected chi connectivity index (χ3v) is 4.26. The first kappa shape index (κ1) is 11.6. The molecule has 0 amide bonds. The number of benzene rings is 1. The Kier molecular flexibility index (Phi) is 3.25. The van der Waals surface area contributed by atoms with E-state index in [-0.39, 0.29) is 0 Å². The number of aromatic nitrogens is 2.